The van der Waals surface area contributed by atoms with Crippen molar-refractivity contribution in [2.45, 2.75) is 63.8 Å². The Bertz CT molecular complexity index is 1250. The van der Waals surface area contributed by atoms with Crippen LogP contribution in [0.4, 0.5) is 0 Å². The maximum absolute atomic E-state index is 13.3. The van der Waals surface area contributed by atoms with Crippen molar-refractivity contribution in [3.05, 3.63) is 90.0 Å². The summed E-state index contributed by atoms with van der Waals surface area (Å²) in [4.78, 5) is 28.3. The van der Waals surface area contributed by atoms with Crippen LogP contribution in [0.3, 0.4) is 0 Å². The smallest absolute Gasteiger partial charge is 0.306 e. The molecule has 1 aliphatic rings. The van der Waals surface area contributed by atoms with Gasteiger partial charge in [0.25, 0.3) is 5.91 Å². The fourth-order valence-corrected chi connectivity index (χ4v) is 6.03. The lowest BCUT2D eigenvalue weighted by molar-refractivity contribution is -0.144. The predicted molar refractivity (Wildman–Crippen MR) is 164 cm³/mol. The van der Waals surface area contributed by atoms with E-state index >= 15 is 0 Å². The molecular weight excluding hydrogens is 512 g/mol. The molecule has 6 nitrogen and oxygen atoms in total. The molecule has 218 valence electrons. The molecule has 3 aromatic rings. The number of methoxy groups -OCH3 is 1. The summed E-state index contributed by atoms with van der Waals surface area (Å²) >= 11 is 0. The molecule has 1 N–H and O–H groups in total. The molecule has 1 atom stereocenters. The third-order valence-corrected chi connectivity index (χ3v) is 8.48. The van der Waals surface area contributed by atoms with E-state index in [4.69, 9.17) is 9.47 Å². The summed E-state index contributed by atoms with van der Waals surface area (Å²) in [5.74, 6) is 0.648. The van der Waals surface area contributed by atoms with Crippen LogP contribution in [0.15, 0.2) is 78.9 Å². The number of piperidine rings is 1. The van der Waals surface area contributed by atoms with E-state index in [-0.39, 0.29) is 23.3 Å². The van der Waals surface area contributed by atoms with E-state index in [1.54, 1.807) is 7.11 Å². The second-order valence-electron chi connectivity index (χ2n) is 10.9. The lowest BCUT2D eigenvalue weighted by Gasteiger charge is -2.35. The van der Waals surface area contributed by atoms with Crippen LogP contribution in [0.1, 0.15) is 68.3 Å². The second-order valence-corrected chi connectivity index (χ2v) is 10.9. The molecule has 1 unspecified atom stereocenters. The fourth-order valence-electron chi connectivity index (χ4n) is 6.03. The van der Waals surface area contributed by atoms with E-state index in [0.29, 0.717) is 18.6 Å². The Morgan fingerprint density at radius 3 is 2.27 bits per heavy atom. The lowest BCUT2D eigenvalue weighted by atomic mass is 9.72. The van der Waals surface area contributed by atoms with E-state index in [2.05, 4.69) is 41.4 Å². The molecule has 0 aromatic heterocycles. The van der Waals surface area contributed by atoms with Crippen LogP contribution in [0.5, 0.6) is 5.75 Å². The first-order valence-electron chi connectivity index (χ1n) is 15.0. The molecule has 1 fully saturated rings. The summed E-state index contributed by atoms with van der Waals surface area (Å²) in [5.41, 5.74) is 3.61. The van der Waals surface area contributed by atoms with Gasteiger partial charge < -0.3 is 19.7 Å². The number of ether oxygens (including phenoxy) is 2. The topological polar surface area (TPSA) is 67.9 Å². The number of nitrogens with zero attached hydrogens (tertiary/aromatic N) is 1. The first-order valence-corrected chi connectivity index (χ1v) is 15.0. The number of esters is 1. The Kier molecular flexibility index (Phi) is 11.0. The normalized spacial score (nSPS) is 15.6. The highest BCUT2D eigenvalue weighted by atomic mass is 16.5. The van der Waals surface area contributed by atoms with Crippen molar-refractivity contribution in [3.8, 4) is 16.9 Å². The Labute approximate surface area is 245 Å². The molecule has 3 aromatic carbocycles. The van der Waals surface area contributed by atoms with Gasteiger partial charge in [0.2, 0.25) is 0 Å². The van der Waals surface area contributed by atoms with Crippen molar-refractivity contribution >= 4 is 11.9 Å². The van der Waals surface area contributed by atoms with Crippen LogP contribution in [0.25, 0.3) is 11.1 Å². The third-order valence-electron chi connectivity index (χ3n) is 8.48. The molecule has 0 bridgehead atoms. The maximum Gasteiger partial charge on any atom is 0.306 e. The molecule has 0 spiro atoms. The molecule has 4 rings (SSSR count). The van der Waals surface area contributed by atoms with Gasteiger partial charge in [-0.1, -0.05) is 67.6 Å². The summed E-state index contributed by atoms with van der Waals surface area (Å²) < 4.78 is 10.6. The zero-order valence-electron chi connectivity index (χ0n) is 24.7. The van der Waals surface area contributed by atoms with Crippen LogP contribution in [-0.4, -0.2) is 56.2 Å². The van der Waals surface area contributed by atoms with Gasteiger partial charge in [0.1, 0.15) is 5.75 Å². The SMILES string of the molecule is CCOC(=O)CC(CC)(CCCN1CCC(NC(=O)c2ccccc2-c2ccc(OC)cc2)CC1)c1ccccc1. The Morgan fingerprint density at radius 1 is 0.927 bits per heavy atom. The number of amides is 1. The van der Waals surface area contributed by atoms with Crippen molar-refractivity contribution in [1.82, 2.24) is 10.2 Å². The van der Waals surface area contributed by atoms with Crippen molar-refractivity contribution in [1.29, 1.82) is 0 Å². The van der Waals surface area contributed by atoms with Gasteiger partial charge >= 0.3 is 5.97 Å². The van der Waals surface area contributed by atoms with Gasteiger partial charge in [-0.15, -0.1) is 0 Å². The first-order chi connectivity index (χ1) is 20.0. The highest BCUT2D eigenvalue weighted by molar-refractivity contribution is 6.01. The monoisotopic (exact) mass is 556 g/mol. The summed E-state index contributed by atoms with van der Waals surface area (Å²) in [7, 11) is 1.65. The quantitative estimate of drug-likeness (QED) is 0.239. The van der Waals surface area contributed by atoms with Crippen LogP contribution in [0.2, 0.25) is 0 Å². The number of likely N-dealkylation sites (tertiary alicyclic amines) is 1. The molecule has 1 heterocycles. The van der Waals surface area contributed by atoms with E-state index < -0.39 is 0 Å². The van der Waals surface area contributed by atoms with Gasteiger partial charge in [0.05, 0.1) is 20.1 Å². The third kappa shape index (κ3) is 7.98. The predicted octanol–water partition coefficient (Wildman–Crippen LogP) is 6.64. The standard InChI is InChI=1S/C35H44N2O4/c1-4-35(26-33(38)41-5-2,28-12-7-6-8-13-28)22-11-23-37-24-20-29(21-25-37)36-34(39)32-15-10-9-14-31(32)27-16-18-30(40-3)19-17-27/h6-10,12-19,29H,4-5,11,20-26H2,1-3H3,(H,36,39). The molecule has 0 aliphatic carbocycles. The average molecular weight is 557 g/mol. The number of carbonyl (C=O) groups is 2. The molecule has 1 amide bonds. The molecule has 41 heavy (non-hydrogen) atoms. The van der Waals surface area contributed by atoms with Crippen LogP contribution < -0.4 is 10.1 Å². The zero-order valence-corrected chi connectivity index (χ0v) is 24.7. The van der Waals surface area contributed by atoms with Crippen molar-refractivity contribution < 1.29 is 19.1 Å². The van der Waals surface area contributed by atoms with E-state index in [1.165, 1.54) is 5.56 Å². The van der Waals surface area contributed by atoms with E-state index in [1.807, 2.05) is 61.5 Å². The van der Waals surface area contributed by atoms with Gasteiger partial charge in [-0.25, -0.2) is 0 Å². The van der Waals surface area contributed by atoms with E-state index in [0.717, 1.165) is 68.6 Å². The molecular formula is C35H44N2O4. The zero-order chi connectivity index (χ0) is 29.1. The molecule has 6 heteroatoms. The highest BCUT2D eigenvalue weighted by Gasteiger charge is 2.33. The largest absolute Gasteiger partial charge is 0.497 e. The fraction of sp³-hybridized carbons (Fsp3) is 0.429. The molecule has 0 saturated carbocycles. The maximum atomic E-state index is 13.3. The minimum absolute atomic E-state index is 0.0237. The number of nitrogens with one attached hydrogen (secondary N) is 1. The Morgan fingerprint density at radius 2 is 1.61 bits per heavy atom. The first kappa shape index (κ1) is 30.3. The Hall–Kier alpha value is -3.64. The highest BCUT2D eigenvalue weighted by Crippen LogP contribution is 2.37. The van der Waals surface area contributed by atoms with Gasteiger partial charge in [0, 0.05) is 30.1 Å². The summed E-state index contributed by atoms with van der Waals surface area (Å²) in [5, 5.41) is 3.29. The van der Waals surface area contributed by atoms with Crippen molar-refractivity contribution in [2.24, 2.45) is 0 Å². The lowest BCUT2D eigenvalue weighted by Crippen LogP contribution is -2.45. The summed E-state index contributed by atoms with van der Waals surface area (Å²) in [6.45, 7) is 7.33. The summed E-state index contributed by atoms with van der Waals surface area (Å²) in [6, 6.07) is 26.2. The van der Waals surface area contributed by atoms with Crippen LogP contribution in [-0.2, 0) is 14.9 Å². The number of hydrogen-bond acceptors (Lipinski definition) is 5. The van der Waals surface area contributed by atoms with Crippen LogP contribution in [0, 0.1) is 0 Å². The number of rotatable bonds is 13. The number of carbonyl (C=O) groups excluding carboxylic acids is 2. The van der Waals surface area contributed by atoms with Gasteiger partial charge in [-0.3, -0.25) is 9.59 Å². The Balaban J connectivity index is 1.30. The molecule has 1 aliphatic heterocycles. The van der Waals surface area contributed by atoms with Crippen LogP contribution >= 0.6 is 0 Å². The van der Waals surface area contributed by atoms with Gasteiger partial charge in [-0.05, 0) is 80.5 Å². The molecule has 0 radical (unpaired) electrons. The van der Waals surface area contributed by atoms with Crippen molar-refractivity contribution in [2.75, 3.05) is 33.4 Å². The average Bonchev–Trinajstić information content (AvgIpc) is 3.02. The van der Waals surface area contributed by atoms with Gasteiger partial charge in [-0.2, -0.15) is 0 Å². The van der Waals surface area contributed by atoms with Crippen molar-refractivity contribution in [3.63, 3.8) is 0 Å². The second kappa shape index (κ2) is 14.8. The van der Waals surface area contributed by atoms with Gasteiger partial charge in [0.15, 0.2) is 0 Å². The minimum atomic E-state index is -0.211. The molecule has 1 saturated heterocycles. The summed E-state index contributed by atoms with van der Waals surface area (Å²) in [6.07, 6.45) is 5.10. The number of benzene rings is 3. The number of hydrogen-bond donors (Lipinski definition) is 1. The minimum Gasteiger partial charge on any atom is -0.497 e. The van der Waals surface area contributed by atoms with E-state index in [9.17, 15) is 9.59 Å².